The lowest BCUT2D eigenvalue weighted by molar-refractivity contribution is -0.139. The fourth-order valence-corrected chi connectivity index (χ4v) is 2.66. The molecule has 1 saturated heterocycles. The number of ether oxygens (including phenoxy) is 1. The van der Waals surface area contributed by atoms with Gasteiger partial charge in [0.15, 0.2) is 0 Å². The molecular formula is C16H21N5O2. The van der Waals surface area contributed by atoms with Crippen LogP contribution in [0.5, 0.6) is 0 Å². The largest absolute Gasteiger partial charge is 0.368 e. The molecule has 1 aliphatic rings. The number of morpholine rings is 1. The Bertz CT molecular complexity index is 667. The minimum Gasteiger partial charge on any atom is -0.368 e. The predicted molar refractivity (Wildman–Crippen MR) is 83.6 cm³/mol. The molecule has 1 aliphatic heterocycles. The van der Waals surface area contributed by atoms with Gasteiger partial charge in [-0.25, -0.2) is 0 Å². The average molecular weight is 315 g/mol. The molecule has 0 bridgehead atoms. The maximum Gasteiger partial charge on any atom is 0.223 e. The van der Waals surface area contributed by atoms with Crippen molar-refractivity contribution < 1.29 is 9.53 Å². The Balaban J connectivity index is 1.58. The van der Waals surface area contributed by atoms with Crippen molar-refractivity contribution in [3.05, 3.63) is 41.7 Å². The van der Waals surface area contributed by atoms with E-state index < -0.39 is 0 Å². The van der Waals surface area contributed by atoms with Crippen LogP contribution in [0, 0.1) is 6.92 Å². The summed E-state index contributed by atoms with van der Waals surface area (Å²) < 4.78 is 7.55. The third-order valence-corrected chi connectivity index (χ3v) is 4.07. The minimum atomic E-state index is -0.197. The highest BCUT2D eigenvalue weighted by molar-refractivity contribution is 5.76. The van der Waals surface area contributed by atoms with Gasteiger partial charge >= 0.3 is 0 Å². The maximum atomic E-state index is 12.4. The highest BCUT2D eigenvalue weighted by Gasteiger charge is 2.26. The molecule has 3 heterocycles. The third-order valence-electron chi connectivity index (χ3n) is 4.07. The third kappa shape index (κ3) is 3.73. The first-order valence-electron chi connectivity index (χ1n) is 7.78. The van der Waals surface area contributed by atoms with Gasteiger partial charge in [-0.05, 0) is 19.4 Å². The van der Waals surface area contributed by atoms with Gasteiger partial charge in [-0.1, -0.05) is 0 Å². The van der Waals surface area contributed by atoms with E-state index in [1.807, 2.05) is 24.9 Å². The SMILES string of the molecule is Cc1cnc([C@@H]2CN(C(=O)CCc3ccnn3C)CCO2)cn1. The second-order valence-electron chi connectivity index (χ2n) is 5.73. The van der Waals surface area contributed by atoms with Gasteiger partial charge in [-0.3, -0.25) is 19.4 Å². The van der Waals surface area contributed by atoms with Gasteiger partial charge in [0.2, 0.25) is 5.91 Å². The van der Waals surface area contributed by atoms with Gasteiger partial charge < -0.3 is 9.64 Å². The zero-order chi connectivity index (χ0) is 16.2. The van der Waals surface area contributed by atoms with Gasteiger partial charge in [-0.15, -0.1) is 0 Å². The summed E-state index contributed by atoms with van der Waals surface area (Å²) in [5.74, 6) is 0.138. The highest BCUT2D eigenvalue weighted by atomic mass is 16.5. The molecule has 0 unspecified atom stereocenters. The molecule has 122 valence electrons. The molecule has 23 heavy (non-hydrogen) atoms. The summed E-state index contributed by atoms with van der Waals surface area (Å²) in [5.41, 5.74) is 2.71. The van der Waals surface area contributed by atoms with Crippen LogP contribution in [-0.2, 0) is 23.0 Å². The van der Waals surface area contributed by atoms with Crippen molar-refractivity contribution in [2.45, 2.75) is 25.9 Å². The number of nitrogens with zero attached hydrogens (tertiary/aromatic N) is 5. The predicted octanol–water partition coefficient (Wildman–Crippen LogP) is 1.05. The van der Waals surface area contributed by atoms with E-state index in [0.717, 1.165) is 17.1 Å². The zero-order valence-corrected chi connectivity index (χ0v) is 13.5. The van der Waals surface area contributed by atoms with Crippen LogP contribution >= 0.6 is 0 Å². The zero-order valence-electron chi connectivity index (χ0n) is 13.5. The summed E-state index contributed by atoms with van der Waals surface area (Å²) in [6, 6.07) is 1.94. The van der Waals surface area contributed by atoms with Crippen LogP contribution in [0.25, 0.3) is 0 Å². The summed E-state index contributed by atoms with van der Waals surface area (Å²) >= 11 is 0. The first kappa shape index (κ1) is 15.6. The number of aryl methyl sites for hydroxylation is 3. The molecule has 0 radical (unpaired) electrons. The average Bonchev–Trinajstić information content (AvgIpc) is 2.98. The van der Waals surface area contributed by atoms with Gasteiger partial charge in [-0.2, -0.15) is 5.10 Å². The quantitative estimate of drug-likeness (QED) is 0.843. The van der Waals surface area contributed by atoms with Gasteiger partial charge in [0.1, 0.15) is 6.10 Å². The number of amides is 1. The maximum absolute atomic E-state index is 12.4. The second kappa shape index (κ2) is 6.87. The van der Waals surface area contributed by atoms with Crippen molar-refractivity contribution in [1.82, 2.24) is 24.6 Å². The van der Waals surface area contributed by atoms with Crippen LogP contribution in [-0.4, -0.2) is 50.3 Å². The smallest absolute Gasteiger partial charge is 0.223 e. The molecule has 0 spiro atoms. The van der Waals surface area contributed by atoms with E-state index in [4.69, 9.17) is 4.74 Å². The fraction of sp³-hybridized carbons (Fsp3) is 0.500. The van der Waals surface area contributed by atoms with E-state index in [9.17, 15) is 4.79 Å². The molecule has 1 amide bonds. The molecule has 7 heteroatoms. The Labute approximate surface area is 135 Å². The molecule has 0 aromatic carbocycles. The summed E-state index contributed by atoms with van der Waals surface area (Å²) in [7, 11) is 1.89. The standard InChI is InChI=1S/C16H21N5O2/c1-12-9-18-14(10-17-12)15-11-21(7-8-23-15)16(22)4-3-13-5-6-19-20(13)2/h5-6,9-10,15H,3-4,7-8,11H2,1-2H3/t15-/m0/s1. The normalized spacial score (nSPS) is 18.2. The second-order valence-corrected chi connectivity index (χ2v) is 5.73. The van der Waals surface area contributed by atoms with E-state index in [1.54, 1.807) is 23.3 Å². The van der Waals surface area contributed by atoms with Crippen molar-refractivity contribution in [1.29, 1.82) is 0 Å². The summed E-state index contributed by atoms with van der Waals surface area (Å²) in [6.07, 6.45) is 6.18. The van der Waals surface area contributed by atoms with Gasteiger partial charge in [0.05, 0.1) is 30.7 Å². The van der Waals surface area contributed by atoms with Crippen molar-refractivity contribution in [2.75, 3.05) is 19.7 Å². The summed E-state index contributed by atoms with van der Waals surface area (Å²) in [5, 5.41) is 4.12. The Hall–Kier alpha value is -2.28. The summed E-state index contributed by atoms with van der Waals surface area (Å²) in [6.45, 7) is 3.58. The molecule has 1 atom stereocenters. The number of rotatable bonds is 4. The topological polar surface area (TPSA) is 73.1 Å². The Morgan fingerprint density at radius 1 is 1.39 bits per heavy atom. The lowest BCUT2D eigenvalue weighted by atomic mass is 10.1. The molecule has 0 saturated carbocycles. The van der Waals surface area contributed by atoms with Crippen molar-refractivity contribution in [2.24, 2.45) is 7.05 Å². The van der Waals surface area contributed by atoms with E-state index in [2.05, 4.69) is 15.1 Å². The monoisotopic (exact) mass is 315 g/mol. The Morgan fingerprint density at radius 3 is 2.96 bits per heavy atom. The fourth-order valence-electron chi connectivity index (χ4n) is 2.66. The lowest BCUT2D eigenvalue weighted by Gasteiger charge is -2.32. The van der Waals surface area contributed by atoms with Crippen LogP contribution < -0.4 is 0 Å². The van der Waals surface area contributed by atoms with Crippen molar-refractivity contribution in [3.63, 3.8) is 0 Å². The van der Waals surface area contributed by atoms with Crippen LogP contribution in [0.15, 0.2) is 24.7 Å². The minimum absolute atomic E-state index is 0.138. The number of hydrogen-bond donors (Lipinski definition) is 0. The Kier molecular flexibility index (Phi) is 4.66. The first-order valence-corrected chi connectivity index (χ1v) is 7.78. The molecule has 2 aromatic rings. The molecular weight excluding hydrogens is 294 g/mol. The number of aromatic nitrogens is 4. The first-order chi connectivity index (χ1) is 11.1. The lowest BCUT2D eigenvalue weighted by Crippen LogP contribution is -2.42. The molecule has 2 aromatic heterocycles. The molecule has 0 N–H and O–H groups in total. The highest BCUT2D eigenvalue weighted by Crippen LogP contribution is 2.20. The molecule has 1 fully saturated rings. The van der Waals surface area contributed by atoms with Gasteiger partial charge in [0, 0.05) is 38.1 Å². The van der Waals surface area contributed by atoms with E-state index in [1.165, 1.54) is 0 Å². The summed E-state index contributed by atoms with van der Waals surface area (Å²) in [4.78, 5) is 22.9. The number of carbonyl (C=O) groups excluding carboxylic acids is 1. The van der Waals surface area contributed by atoms with Crippen molar-refractivity contribution >= 4 is 5.91 Å². The van der Waals surface area contributed by atoms with Crippen molar-refractivity contribution in [3.8, 4) is 0 Å². The van der Waals surface area contributed by atoms with E-state index in [0.29, 0.717) is 32.5 Å². The number of hydrogen-bond acceptors (Lipinski definition) is 5. The Morgan fingerprint density at radius 2 is 2.26 bits per heavy atom. The number of carbonyl (C=O) groups is 1. The molecule has 3 rings (SSSR count). The van der Waals surface area contributed by atoms with Crippen LogP contribution in [0.2, 0.25) is 0 Å². The van der Waals surface area contributed by atoms with Crippen LogP contribution in [0.3, 0.4) is 0 Å². The van der Waals surface area contributed by atoms with Crippen LogP contribution in [0.1, 0.15) is 29.6 Å². The van der Waals surface area contributed by atoms with Crippen LogP contribution in [0.4, 0.5) is 0 Å². The molecule has 0 aliphatic carbocycles. The van der Waals surface area contributed by atoms with E-state index >= 15 is 0 Å². The van der Waals surface area contributed by atoms with E-state index in [-0.39, 0.29) is 12.0 Å². The molecule has 7 nitrogen and oxygen atoms in total. The van der Waals surface area contributed by atoms with Gasteiger partial charge in [0.25, 0.3) is 0 Å².